The van der Waals surface area contributed by atoms with E-state index >= 15 is 0 Å². The highest BCUT2D eigenvalue weighted by Gasteiger charge is 2.30. The quantitative estimate of drug-likeness (QED) is 0.897. The molecule has 1 N–H and O–H groups in total. The standard InChI is InChI=1S/C15H19NOS2/c1-15(7-4-8-17-15)11-16-14(12-5-2-9-18-12)13-6-3-10-19-13/h2-3,5-6,9-10,14,16H,4,7-8,11H2,1H3. The summed E-state index contributed by atoms with van der Waals surface area (Å²) in [5.74, 6) is 0. The van der Waals surface area contributed by atoms with Crippen LogP contribution >= 0.6 is 22.7 Å². The zero-order valence-electron chi connectivity index (χ0n) is 11.1. The number of hydrogen-bond donors (Lipinski definition) is 1. The molecule has 3 rings (SSSR count). The van der Waals surface area contributed by atoms with Gasteiger partial charge < -0.3 is 10.1 Å². The summed E-state index contributed by atoms with van der Waals surface area (Å²) in [6.45, 7) is 4.03. The van der Waals surface area contributed by atoms with Crippen LogP contribution < -0.4 is 5.32 Å². The first kappa shape index (κ1) is 13.3. The molecular formula is C15H19NOS2. The van der Waals surface area contributed by atoms with Crippen LogP contribution in [0.4, 0.5) is 0 Å². The molecule has 1 unspecified atom stereocenters. The molecule has 0 saturated carbocycles. The van der Waals surface area contributed by atoms with E-state index in [0.717, 1.165) is 19.6 Å². The SMILES string of the molecule is CC1(CNC(c2cccs2)c2cccs2)CCCO1. The monoisotopic (exact) mass is 293 g/mol. The van der Waals surface area contributed by atoms with Crippen molar-refractivity contribution in [2.75, 3.05) is 13.2 Å². The average Bonchev–Trinajstić information content (AvgIpc) is 3.11. The van der Waals surface area contributed by atoms with Crippen molar-refractivity contribution in [2.45, 2.75) is 31.4 Å². The van der Waals surface area contributed by atoms with E-state index in [-0.39, 0.29) is 5.60 Å². The van der Waals surface area contributed by atoms with Gasteiger partial charge in [-0.3, -0.25) is 0 Å². The van der Waals surface area contributed by atoms with E-state index in [1.807, 2.05) is 22.7 Å². The van der Waals surface area contributed by atoms with E-state index in [4.69, 9.17) is 4.74 Å². The molecule has 1 fully saturated rings. The summed E-state index contributed by atoms with van der Waals surface area (Å²) in [6, 6.07) is 8.97. The summed E-state index contributed by atoms with van der Waals surface area (Å²) in [7, 11) is 0. The smallest absolute Gasteiger partial charge is 0.0779 e. The molecular weight excluding hydrogens is 274 g/mol. The van der Waals surface area contributed by atoms with E-state index in [0.29, 0.717) is 6.04 Å². The Labute approximate surface area is 122 Å². The maximum absolute atomic E-state index is 5.87. The molecule has 1 aliphatic heterocycles. The Morgan fingerprint density at radius 2 is 1.95 bits per heavy atom. The van der Waals surface area contributed by atoms with Gasteiger partial charge >= 0.3 is 0 Å². The number of ether oxygens (including phenoxy) is 1. The summed E-state index contributed by atoms with van der Waals surface area (Å²) >= 11 is 3.63. The number of hydrogen-bond acceptors (Lipinski definition) is 4. The highest BCUT2D eigenvalue weighted by molar-refractivity contribution is 7.11. The van der Waals surface area contributed by atoms with Gasteiger partial charge in [-0.15, -0.1) is 22.7 Å². The average molecular weight is 293 g/mol. The summed E-state index contributed by atoms with van der Waals surface area (Å²) in [6.07, 6.45) is 2.34. The van der Waals surface area contributed by atoms with Gasteiger partial charge in [0.05, 0.1) is 11.6 Å². The first-order chi connectivity index (χ1) is 9.27. The van der Waals surface area contributed by atoms with Crippen molar-refractivity contribution in [3.63, 3.8) is 0 Å². The molecule has 3 heterocycles. The van der Waals surface area contributed by atoms with Crippen molar-refractivity contribution in [3.05, 3.63) is 44.8 Å². The maximum Gasteiger partial charge on any atom is 0.0779 e. The van der Waals surface area contributed by atoms with Crippen LogP contribution in [0.25, 0.3) is 0 Å². The molecule has 1 saturated heterocycles. The third-order valence-corrected chi connectivity index (χ3v) is 5.51. The lowest BCUT2D eigenvalue weighted by Crippen LogP contribution is -2.38. The fourth-order valence-corrected chi connectivity index (χ4v) is 4.26. The second-order valence-electron chi connectivity index (χ2n) is 5.25. The summed E-state index contributed by atoms with van der Waals surface area (Å²) < 4.78 is 5.87. The Morgan fingerprint density at radius 1 is 1.26 bits per heavy atom. The maximum atomic E-state index is 5.87. The number of thiophene rings is 2. The van der Waals surface area contributed by atoms with Crippen LogP contribution in [-0.4, -0.2) is 18.8 Å². The minimum absolute atomic E-state index is 0.00672. The predicted molar refractivity (Wildman–Crippen MR) is 82.1 cm³/mol. The Hall–Kier alpha value is -0.680. The van der Waals surface area contributed by atoms with Gasteiger partial charge in [0.1, 0.15) is 0 Å². The Kier molecular flexibility index (Phi) is 4.03. The lowest BCUT2D eigenvalue weighted by molar-refractivity contribution is 0.0197. The van der Waals surface area contributed by atoms with Gasteiger partial charge in [-0.1, -0.05) is 12.1 Å². The summed E-state index contributed by atoms with van der Waals surface area (Å²) in [4.78, 5) is 2.76. The molecule has 2 aromatic heterocycles. The van der Waals surface area contributed by atoms with Gasteiger partial charge in [0, 0.05) is 22.9 Å². The van der Waals surface area contributed by atoms with Crippen molar-refractivity contribution in [1.82, 2.24) is 5.32 Å². The molecule has 0 aliphatic carbocycles. The molecule has 1 atom stereocenters. The lowest BCUT2D eigenvalue weighted by atomic mass is 10.0. The minimum atomic E-state index is 0.00672. The normalized spacial score (nSPS) is 23.3. The molecule has 0 bridgehead atoms. The molecule has 102 valence electrons. The number of rotatable bonds is 5. The molecule has 0 amide bonds. The van der Waals surface area contributed by atoms with E-state index < -0.39 is 0 Å². The zero-order chi connectivity index (χ0) is 13.1. The molecule has 0 spiro atoms. The van der Waals surface area contributed by atoms with E-state index in [2.05, 4.69) is 47.3 Å². The first-order valence-corrected chi connectivity index (χ1v) is 8.47. The fourth-order valence-electron chi connectivity index (χ4n) is 2.55. The fraction of sp³-hybridized carbons (Fsp3) is 0.467. The van der Waals surface area contributed by atoms with E-state index in [1.54, 1.807) is 0 Å². The van der Waals surface area contributed by atoms with Crippen molar-refractivity contribution in [2.24, 2.45) is 0 Å². The van der Waals surface area contributed by atoms with Gasteiger partial charge in [-0.2, -0.15) is 0 Å². The van der Waals surface area contributed by atoms with Crippen LogP contribution in [0.2, 0.25) is 0 Å². The van der Waals surface area contributed by atoms with Crippen LogP contribution in [0.3, 0.4) is 0 Å². The van der Waals surface area contributed by atoms with Gasteiger partial charge in [0.15, 0.2) is 0 Å². The second kappa shape index (κ2) is 5.75. The van der Waals surface area contributed by atoms with Crippen LogP contribution in [0.1, 0.15) is 35.6 Å². The molecule has 2 nitrogen and oxygen atoms in total. The van der Waals surface area contributed by atoms with Crippen LogP contribution in [0.15, 0.2) is 35.0 Å². The highest BCUT2D eigenvalue weighted by atomic mass is 32.1. The third kappa shape index (κ3) is 3.08. The van der Waals surface area contributed by atoms with Gasteiger partial charge in [-0.05, 0) is 42.7 Å². The summed E-state index contributed by atoms with van der Waals surface area (Å²) in [5, 5.41) is 7.99. The van der Waals surface area contributed by atoms with Crippen molar-refractivity contribution in [1.29, 1.82) is 0 Å². The second-order valence-corrected chi connectivity index (χ2v) is 7.21. The van der Waals surface area contributed by atoms with Crippen LogP contribution in [0, 0.1) is 0 Å². The minimum Gasteiger partial charge on any atom is -0.374 e. The first-order valence-electron chi connectivity index (χ1n) is 6.71. The van der Waals surface area contributed by atoms with Gasteiger partial charge in [0.2, 0.25) is 0 Å². The topological polar surface area (TPSA) is 21.3 Å². The zero-order valence-corrected chi connectivity index (χ0v) is 12.7. The van der Waals surface area contributed by atoms with Gasteiger partial charge in [-0.25, -0.2) is 0 Å². The third-order valence-electron chi connectivity index (χ3n) is 3.64. The molecule has 0 radical (unpaired) electrons. The predicted octanol–water partition coefficient (Wildman–Crippen LogP) is 4.06. The van der Waals surface area contributed by atoms with E-state index in [9.17, 15) is 0 Å². The van der Waals surface area contributed by atoms with Crippen LogP contribution in [-0.2, 0) is 4.74 Å². The van der Waals surface area contributed by atoms with Crippen molar-refractivity contribution in [3.8, 4) is 0 Å². The Bertz CT molecular complexity index is 452. The molecule has 19 heavy (non-hydrogen) atoms. The Balaban J connectivity index is 1.73. The molecule has 1 aliphatic rings. The van der Waals surface area contributed by atoms with Crippen molar-refractivity contribution < 1.29 is 4.74 Å². The van der Waals surface area contributed by atoms with E-state index in [1.165, 1.54) is 16.2 Å². The largest absolute Gasteiger partial charge is 0.374 e. The molecule has 2 aromatic rings. The molecule has 4 heteroatoms. The highest BCUT2D eigenvalue weighted by Crippen LogP contribution is 2.31. The Morgan fingerprint density at radius 3 is 2.42 bits per heavy atom. The summed E-state index contributed by atoms with van der Waals surface area (Å²) in [5.41, 5.74) is 0.00672. The van der Waals surface area contributed by atoms with Crippen molar-refractivity contribution >= 4 is 22.7 Å². The van der Waals surface area contributed by atoms with Crippen LogP contribution in [0.5, 0.6) is 0 Å². The van der Waals surface area contributed by atoms with Gasteiger partial charge in [0.25, 0.3) is 0 Å². The number of nitrogens with one attached hydrogen (secondary N) is 1. The molecule has 0 aromatic carbocycles. The lowest BCUT2D eigenvalue weighted by Gasteiger charge is -2.26.